The molecular weight excluding hydrogens is 236 g/mol. The molecule has 5 heteroatoms. The SMILES string of the molecule is CC[Si](CCC(OC)C1(C)COC1)(OC)OC. The number of rotatable bonds is 8. The molecule has 0 aromatic rings. The Morgan fingerprint density at radius 2 is 1.82 bits per heavy atom. The molecule has 1 saturated heterocycles. The number of ether oxygens (including phenoxy) is 2. The van der Waals surface area contributed by atoms with Crippen molar-refractivity contribution in [1.29, 1.82) is 0 Å². The molecule has 0 N–H and O–H groups in total. The van der Waals surface area contributed by atoms with E-state index in [1.807, 2.05) is 0 Å². The zero-order chi connectivity index (χ0) is 12.9. The van der Waals surface area contributed by atoms with E-state index in [2.05, 4.69) is 13.8 Å². The maximum Gasteiger partial charge on any atom is 0.337 e. The van der Waals surface area contributed by atoms with Gasteiger partial charge in [-0.15, -0.1) is 0 Å². The molecule has 0 aromatic carbocycles. The molecule has 1 atom stereocenters. The first-order chi connectivity index (χ1) is 8.05. The van der Waals surface area contributed by atoms with E-state index in [1.165, 1.54) is 0 Å². The molecule has 1 aliphatic heterocycles. The third kappa shape index (κ3) is 3.29. The summed E-state index contributed by atoms with van der Waals surface area (Å²) in [5.41, 5.74) is 0.171. The Labute approximate surface area is 106 Å². The fraction of sp³-hybridized carbons (Fsp3) is 1.00. The summed E-state index contributed by atoms with van der Waals surface area (Å²) in [6, 6.07) is 1.95. The van der Waals surface area contributed by atoms with E-state index in [1.54, 1.807) is 21.3 Å². The van der Waals surface area contributed by atoms with Gasteiger partial charge < -0.3 is 18.3 Å². The fourth-order valence-electron chi connectivity index (χ4n) is 2.46. The van der Waals surface area contributed by atoms with E-state index in [0.29, 0.717) is 0 Å². The van der Waals surface area contributed by atoms with Crippen molar-refractivity contribution in [1.82, 2.24) is 0 Å². The molecule has 0 radical (unpaired) electrons. The largest absolute Gasteiger partial charge is 0.398 e. The average molecular weight is 262 g/mol. The van der Waals surface area contributed by atoms with Crippen LogP contribution in [0, 0.1) is 5.41 Å². The summed E-state index contributed by atoms with van der Waals surface area (Å²) < 4.78 is 22.2. The van der Waals surface area contributed by atoms with Gasteiger partial charge in [-0.2, -0.15) is 0 Å². The Hall–Kier alpha value is 0.0569. The van der Waals surface area contributed by atoms with Crippen molar-refractivity contribution in [2.45, 2.75) is 38.5 Å². The maximum atomic E-state index is 5.63. The normalized spacial score (nSPS) is 21.0. The van der Waals surface area contributed by atoms with E-state index in [-0.39, 0.29) is 11.5 Å². The molecule has 102 valence electrons. The molecule has 1 heterocycles. The van der Waals surface area contributed by atoms with Crippen molar-refractivity contribution >= 4 is 8.56 Å². The van der Waals surface area contributed by atoms with Crippen LogP contribution in [0.25, 0.3) is 0 Å². The molecule has 0 bridgehead atoms. The monoisotopic (exact) mass is 262 g/mol. The van der Waals surface area contributed by atoms with Gasteiger partial charge in [0.15, 0.2) is 0 Å². The highest BCUT2D eigenvalue weighted by molar-refractivity contribution is 6.67. The third-order valence-electron chi connectivity index (χ3n) is 4.00. The van der Waals surface area contributed by atoms with Gasteiger partial charge in [-0.3, -0.25) is 0 Å². The van der Waals surface area contributed by atoms with Crippen LogP contribution in [-0.4, -0.2) is 49.2 Å². The first-order valence-corrected chi connectivity index (χ1v) is 8.49. The van der Waals surface area contributed by atoms with E-state index in [0.717, 1.165) is 31.7 Å². The second-order valence-electron chi connectivity index (χ2n) is 5.08. The van der Waals surface area contributed by atoms with Gasteiger partial charge in [0.05, 0.1) is 19.3 Å². The molecule has 1 fully saturated rings. The van der Waals surface area contributed by atoms with Crippen LogP contribution >= 0.6 is 0 Å². The minimum absolute atomic E-state index is 0.171. The molecule has 4 nitrogen and oxygen atoms in total. The van der Waals surface area contributed by atoms with Crippen LogP contribution in [0.3, 0.4) is 0 Å². The van der Waals surface area contributed by atoms with Gasteiger partial charge in [0.25, 0.3) is 0 Å². The Balaban J connectivity index is 2.51. The molecule has 1 aliphatic rings. The molecule has 0 saturated carbocycles. The van der Waals surface area contributed by atoms with Crippen molar-refractivity contribution in [3.05, 3.63) is 0 Å². The van der Waals surface area contributed by atoms with Crippen molar-refractivity contribution < 1.29 is 18.3 Å². The van der Waals surface area contributed by atoms with Crippen LogP contribution in [0.1, 0.15) is 20.3 Å². The Kier molecular flexibility index (Phi) is 5.59. The maximum absolute atomic E-state index is 5.63. The second-order valence-corrected chi connectivity index (χ2v) is 8.93. The molecule has 17 heavy (non-hydrogen) atoms. The zero-order valence-electron chi connectivity index (χ0n) is 11.7. The van der Waals surface area contributed by atoms with Crippen molar-refractivity contribution in [2.75, 3.05) is 34.5 Å². The number of hydrogen-bond acceptors (Lipinski definition) is 4. The zero-order valence-corrected chi connectivity index (χ0v) is 12.7. The van der Waals surface area contributed by atoms with Crippen LogP contribution in [0.15, 0.2) is 0 Å². The van der Waals surface area contributed by atoms with Gasteiger partial charge in [-0.1, -0.05) is 13.8 Å². The molecule has 1 rings (SSSR count). The highest BCUT2D eigenvalue weighted by Gasteiger charge is 2.43. The lowest BCUT2D eigenvalue weighted by Gasteiger charge is -2.44. The molecule has 0 amide bonds. The van der Waals surface area contributed by atoms with Crippen LogP contribution in [0.4, 0.5) is 0 Å². The topological polar surface area (TPSA) is 36.9 Å². The summed E-state index contributed by atoms with van der Waals surface area (Å²) >= 11 is 0. The first-order valence-electron chi connectivity index (χ1n) is 6.26. The van der Waals surface area contributed by atoms with E-state index < -0.39 is 8.56 Å². The molecule has 0 spiro atoms. The summed E-state index contributed by atoms with van der Waals surface area (Å²) in [4.78, 5) is 0. The van der Waals surface area contributed by atoms with Gasteiger partial charge in [0.1, 0.15) is 0 Å². The van der Waals surface area contributed by atoms with Gasteiger partial charge in [-0.05, 0) is 18.5 Å². The van der Waals surface area contributed by atoms with E-state index in [9.17, 15) is 0 Å². The summed E-state index contributed by atoms with van der Waals surface area (Å²) in [5.74, 6) is 0. The standard InChI is InChI=1S/C12H26O4Si/c1-6-17(14-4,15-5)8-7-11(13-3)12(2)9-16-10-12/h11H,6-10H2,1-5H3. The van der Waals surface area contributed by atoms with Gasteiger partial charge >= 0.3 is 8.56 Å². The number of hydrogen-bond donors (Lipinski definition) is 0. The highest BCUT2D eigenvalue weighted by atomic mass is 28.4. The first kappa shape index (κ1) is 15.1. The van der Waals surface area contributed by atoms with Crippen molar-refractivity contribution in [3.63, 3.8) is 0 Å². The summed E-state index contributed by atoms with van der Waals surface area (Å²) in [6.07, 6.45) is 1.22. The van der Waals surface area contributed by atoms with Gasteiger partial charge in [0, 0.05) is 26.7 Å². The van der Waals surface area contributed by atoms with Crippen molar-refractivity contribution in [2.24, 2.45) is 5.41 Å². The van der Waals surface area contributed by atoms with Gasteiger partial charge in [-0.25, -0.2) is 0 Å². The lowest BCUT2D eigenvalue weighted by Crippen LogP contribution is -2.51. The molecule has 0 aliphatic carbocycles. The third-order valence-corrected chi connectivity index (χ3v) is 7.61. The summed E-state index contributed by atoms with van der Waals surface area (Å²) in [7, 11) is 3.31. The number of methoxy groups -OCH3 is 1. The molecule has 1 unspecified atom stereocenters. The van der Waals surface area contributed by atoms with E-state index >= 15 is 0 Å². The summed E-state index contributed by atoms with van der Waals surface area (Å²) in [6.45, 7) is 5.95. The smallest absolute Gasteiger partial charge is 0.337 e. The average Bonchev–Trinajstić information content (AvgIpc) is 2.33. The van der Waals surface area contributed by atoms with Gasteiger partial charge in [0.2, 0.25) is 0 Å². The van der Waals surface area contributed by atoms with Crippen LogP contribution in [0.2, 0.25) is 12.1 Å². The van der Waals surface area contributed by atoms with Crippen LogP contribution < -0.4 is 0 Å². The van der Waals surface area contributed by atoms with E-state index in [4.69, 9.17) is 18.3 Å². The minimum atomic E-state index is -1.98. The lowest BCUT2D eigenvalue weighted by molar-refractivity contribution is -0.170. The Morgan fingerprint density at radius 1 is 1.24 bits per heavy atom. The predicted octanol–water partition coefficient (Wildman–Crippen LogP) is 2.18. The lowest BCUT2D eigenvalue weighted by atomic mass is 9.81. The van der Waals surface area contributed by atoms with Crippen molar-refractivity contribution in [3.8, 4) is 0 Å². The highest BCUT2D eigenvalue weighted by Crippen LogP contribution is 2.36. The molecule has 0 aromatic heterocycles. The fourth-order valence-corrected chi connectivity index (χ4v) is 4.67. The molecular formula is C12H26O4Si. The predicted molar refractivity (Wildman–Crippen MR) is 69.4 cm³/mol. The Morgan fingerprint density at radius 3 is 2.12 bits per heavy atom. The van der Waals surface area contributed by atoms with Crippen LogP contribution in [-0.2, 0) is 18.3 Å². The second kappa shape index (κ2) is 6.29. The van der Waals surface area contributed by atoms with Crippen LogP contribution in [0.5, 0.6) is 0 Å². The summed E-state index contributed by atoms with van der Waals surface area (Å²) in [5, 5.41) is 0. The minimum Gasteiger partial charge on any atom is -0.398 e. The Bertz CT molecular complexity index is 218. The quantitative estimate of drug-likeness (QED) is 0.628.